The highest BCUT2D eigenvalue weighted by molar-refractivity contribution is 14.0. The Labute approximate surface area is 183 Å². The second-order valence-electron chi connectivity index (χ2n) is 6.22. The fourth-order valence-electron chi connectivity index (χ4n) is 2.72. The molecule has 2 N–H and O–H groups in total. The minimum absolute atomic E-state index is 0. The molecule has 2 aromatic carbocycles. The normalized spacial score (nSPS) is 13.3. The van der Waals surface area contributed by atoms with Crippen LogP contribution in [0.25, 0.3) is 0 Å². The van der Waals surface area contributed by atoms with Crippen LogP contribution >= 0.6 is 24.0 Å². The first kappa shape index (κ1) is 22.3. The van der Waals surface area contributed by atoms with Crippen molar-refractivity contribution in [2.24, 2.45) is 4.99 Å². The van der Waals surface area contributed by atoms with Crippen molar-refractivity contribution in [3.63, 3.8) is 0 Å². The largest absolute Gasteiger partial charge is 0.490 e. The van der Waals surface area contributed by atoms with E-state index in [0.29, 0.717) is 32.3 Å². The van der Waals surface area contributed by atoms with Gasteiger partial charge in [0.15, 0.2) is 17.5 Å². The topological polar surface area (TPSA) is 64.1 Å². The van der Waals surface area contributed by atoms with Gasteiger partial charge in [0.05, 0.1) is 19.8 Å². The summed E-state index contributed by atoms with van der Waals surface area (Å²) < 4.78 is 16.8. The van der Waals surface area contributed by atoms with Crippen molar-refractivity contribution in [3.8, 4) is 11.5 Å². The van der Waals surface area contributed by atoms with Crippen LogP contribution in [-0.2, 0) is 17.9 Å². The number of nitrogens with zero attached hydrogens (tertiary/aromatic N) is 1. The molecule has 0 atom stereocenters. The van der Waals surface area contributed by atoms with Crippen LogP contribution in [0, 0.1) is 0 Å². The highest BCUT2D eigenvalue weighted by atomic mass is 127. The molecule has 0 unspecified atom stereocenters. The van der Waals surface area contributed by atoms with Crippen molar-refractivity contribution >= 4 is 35.6 Å². The molecule has 1 aliphatic heterocycles. The van der Waals surface area contributed by atoms with Crippen molar-refractivity contribution in [2.75, 3.05) is 32.2 Å². The molecule has 3 rings (SSSR count). The molecule has 0 fully saturated rings. The molecule has 0 aromatic heterocycles. The standard InChI is InChI=1S/C21H27N3O3.HI/c1-3-25-15-17-7-5-16(6-8-17)14-23-21(22-2)24-18-9-10-19-20(13-18)27-12-4-11-26-19;/h5-10,13H,3-4,11-12,14-15H2,1-2H3,(H2,22,23,24);1H. The summed E-state index contributed by atoms with van der Waals surface area (Å²) in [7, 11) is 1.75. The van der Waals surface area contributed by atoms with Gasteiger partial charge in [-0.05, 0) is 30.2 Å². The van der Waals surface area contributed by atoms with E-state index in [0.717, 1.165) is 30.2 Å². The summed E-state index contributed by atoms with van der Waals surface area (Å²) in [5.41, 5.74) is 3.26. The summed E-state index contributed by atoms with van der Waals surface area (Å²) >= 11 is 0. The van der Waals surface area contributed by atoms with Gasteiger partial charge in [-0.3, -0.25) is 4.99 Å². The molecule has 0 saturated carbocycles. The number of ether oxygens (including phenoxy) is 3. The minimum atomic E-state index is 0. The molecule has 0 saturated heterocycles. The molecule has 1 aliphatic rings. The number of halogens is 1. The zero-order valence-corrected chi connectivity index (χ0v) is 18.7. The number of anilines is 1. The molecule has 6 nitrogen and oxygen atoms in total. The van der Waals surface area contributed by atoms with E-state index in [1.54, 1.807) is 7.05 Å². The summed E-state index contributed by atoms with van der Waals surface area (Å²) in [5, 5.41) is 6.62. The Hall–Kier alpha value is -2.00. The summed E-state index contributed by atoms with van der Waals surface area (Å²) in [4.78, 5) is 4.29. The van der Waals surface area contributed by atoms with Crippen molar-refractivity contribution in [1.82, 2.24) is 5.32 Å². The average Bonchev–Trinajstić information content (AvgIpc) is 2.95. The minimum Gasteiger partial charge on any atom is -0.490 e. The predicted molar refractivity (Wildman–Crippen MR) is 123 cm³/mol. The number of nitrogens with one attached hydrogen (secondary N) is 2. The number of hydrogen-bond donors (Lipinski definition) is 2. The Morgan fingerprint density at radius 3 is 2.46 bits per heavy atom. The molecule has 28 heavy (non-hydrogen) atoms. The number of guanidine groups is 1. The van der Waals surface area contributed by atoms with Crippen molar-refractivity contribution in [1.29, 1.82) is 0 Å². The number of fused-ring (bicyclic) bond motifs is 1. The molecule has 2 aromatic rings. The van der Waals surface area contributed by atoms with E-state index in [-0.39, 0.29) is 24.0 Å². The van der Waals surface area contributed by atoms with Crippen molar-refractivity contribution in [2.45, 2.75) is 26.5 Å². The Morgan fingerprint density at radius 1 is 1.04 bits per heavy atom. The van der Waals surface area contributed by atoms with Gasteiger partial charge in [-0.15, -0.1) is 24.0 Å². The van der Waals surface area contributed by atoms with Crippen LogP contribution in [-0.4, -0.2) is 32.8 Å². The maximum absolute atomic E-state index is 5.74. The van der Waals surface area contributed by atoms with E-state index in [1.165, 1.54) is 11.1 Å². The fourth-order valence-corrected chi connectivity index (χ4v) is 2.72. The molecule has 0 amide bonds. The highest BCUT2D eigenvalue weighted by Gasteiger charge is 2.11. The van der Waals surface area contributed by atoms with E-state index in [2.05, 4.69) is 39.9 Å². The van der Waals surface area contributed by atoms with E-state index >= 15 is 0 Å². The first-order valence-corrected chi connectivity index (χ1v) is 9.31. The third kappa shape index (κ3) is 6.56. The van der Waals surface area contributed by atoms with E-state index in [4.69, 9.17) is 14.2 Å². The van der Waals surface area contributed by atoms with Gasteiger partial charge in [-0.1, -0.05) is 24.3 Å². The van der Waals surface area contributed by atoms with Crippen LogP contribution < -0.4 is 20.1 Å². The molecule has 0 bridgehead atoms. The number of aliphatic imine (C=N–C) groups is 1. The first-order valence-electron chi connectivity index (χ1n) is 9.31. The lowest BCUT2D eigenvalue weighted by atomic mass is 10.1. The third-order valence-electron chi connectivity index (χ3n) is 4.19. The molecule has 0 aliphatic carbocycles. The summed E-state index contributed by atoms with van der Waals surface area (Å²) in [6.07, 6.45) is 0.893. The molecular formula is C21H28IN3O3. The van der Waals surface area contributed by atoms with Crippen molar-refractivity contribution < 1.29 is 14.2 Å². The second kappa shape index (κ2) is 11.8. The number of benzene rings is 2. The van der Waals surface area contributed by atoms with Crippen LogP contribution in [0.5, 0.6) is 11.5 Å². The first-order chi connectivity index (χ1) is 13.3. The van der Waals surface area contributed by atoms with Gasteiger partial charge in [0, 0.05) is 38.4 Å². The third-order valence-corrected chi connectivity index (χ3v) is 4.19. The summed E-state index contributed by atoms with van der Waals surface area (Å²) in [6.45, 7) is 5.41. The van der Waals surface area contributed by atoms with Gasteiger partial charge in [0.1, 0.15) is 0 Å². The van der Waals surface area contributed by atoms with E-state index < -0.39 is 0 Å². The fraction of sp³-hybridized carbons (Fsp3) is 0.381. The van der Waals surface area contributed by atoms with Crippen LogP contribution in [0.15, 0.2) is 47.5 Å². The Kier molecular flexibility index (Phi) is 9.36. The predicted octanol–water partition coefficient (Wildman–Crippen LogP) is 4.19. The Bertz CT molecular complexity index is 766. The second-order valence-corrected chi connectivity index (χ2v) is 6.22. The van der Waals surface area contributed by atoms with Crippen LogP contribution in [0.3, 0.4) is 0 Å². The van der Waals surface area contributed by atoms with Crippen molar-refractivity contribution in [3.05, 3.63) is 53.6 Å². The van der Waals surface area contributed by atoms with Gasteiger partial charge < -0.3 is 24.8 Å². The van der Waals surface area contributed by atoms with Crippen LogP contribution in [0.4, 0.5) is 5.69 Å². The zero-order chi connectivity index (χ0) is 18.9. The van der Waals surface area contributed by atoms with Gasteiger partial charge in [-0.2, -0.15) is 0 Å². The Balaban J connectivity index is 0.00000280. The molecule has 0 radical (unpaired) electrons. The quantitative estimate of drug-likeness (QED) is 0.356. The lowest BCUT2D eigenvalue weighted by molar-refractivity contribution is 0.134. The summed E-state index contributed by atoms with van der Waals surface area (Å²) in [6, 6.07) is 14.2. The monoisotopic (exact) mass is 497 g/mol. The highest BCUT2D eigenvalue weighted by Crippen LogP contribution is 2.32. The average molecular weight is 497 g/mol. The molecule has 0 spiro atoms. The lowest BCUT2D eigenvalue weighted by Crippen LogP contribution is -2.30. The Morgan fingerprint density at radius 2 is 1.75 bits per heavy atom. The van der Waals surface area contributed by atoms with Gasteiger partial charge in [0.2, 0.25) is 0 Å². The van der Waals surface area contributed by atoms with Gasteiger partial charge in [0.25, 0.3) is 0 Å². The van der Waals surface area contributed by atoms with Gasteiger partial charge >= 0.3 is 0 Å². The maximum Gasteiger partial charge on any atom is 0.195 e. The SMILES string of the molecule is CCOCc1ccc(CNC(=NC)Nc2ccc3c(c2)OCCCO3)cc1.I. The van der Waals surface area contributed by atoms with Crippen LogP contribution in [0.1, 0.15) is 24.5 Å². The molecule has 1 heterocycles. The number of hydrogen-bond acceptors (Lipinski definition) is 4. The van der Waals surface area contributed by atoms with Crippen LogP contribution in [0.2, 0.25) is 0 Å². The zero-order valence-electron chi connectivity index (χ0n) is 16.4. The molecule has 7 heteroatoms. The lowest BCUT2D eigenvalue weighted by Gasteiger charge is -2.14. The summed E-state index contributed by atoms with van der Waals surface area (Å²) in [5.74, 6) is 2.24. The maximum atomic E-state index is 5.74. The van der Waals surface area contributed by atoms with E-state index in [1.807, 2.05) is 25.1 Å². The molecular weight excluding hydrogens is 469 g/mol. The molecule has 152 valence electrons. The van der Waals surface area contributed by atoms with Gasteiger partial charge in [-0.25, -0.2) is 0 Å². The smallest absolute Gasteiger partial charge is 0.195 e. The van der Waals surface area contributed by atoms with E-state index in [9.17, 15) is 0 Å². The number of rotatable bonds is 6.